The maximum absolute atomic E-state index is 12.9. The number of aromatic nitrogens is 3. The van der Waals surface area contributed by atoms with E-state index in [9.17, 15) is 19.2 Å². The van der Waals surface area contributed by atoms with Gasteiger partial charge in [-0.1, -0.05) is 94.5 Å². The number of fused-ring (bicyclic) bond motifs is 1. The third-order valence-corrected chi connectivity index (χ3v) is 8.06. The molecular formula is C37H43ClN4O7. The number of hydrogen-bond donors (Lipinski definition) is 1. The van der Waals surface area contributed by atoms with Crippen molar-refractivity contribution >= 4 is 52.1 Å². The summed E-state index contributed by atoms with van der Waals surface area (Å²) in [5.74, 6) is -2.04. The quantitative estimate of drug-likeness (QED) is 0.0590. The SMILES string of the molecule is CCCCCCCCCCCCOC(=O)C(C)OC(=O)c1ccc(Cl)c(NC(=O)Cn2nc3ccc(C(=O)Oc4ccccc4)cc3n2)c1. The van der Waals surface area contributed by atoms with Crippen LogP contribution < -0.4 is 10.1 Å². The summed E-state index contributed by atoms with van der Waals surface area (Å²) in [6, 6.07) is 17.6. The van der Waals surface area contributed by atoms with Crippen LogP contribution in [0.1, 0.15) is 98.8 Å². The molecule has 0 aliphatic heterocycles. The van der Waals surface area contributed by atoms with Crippen molar-refractivity contribution in [1.82, 2.24) is 15.0 Å². The Bertz CT molecular complexity index is 1710. The lowest BCUT2D eigenvalue weighted by Crippen LogP contribution is -2.26. The highest BCUT2D eigenvalue weighted by molar-refractivity contribution is 6.33. The van der Waals surface area contributed by atoms with Gasteiger partial charge in [-0.15, -0.1) is 0 Å². The van der Waals surface area contributed by atoms with E-state index < -0.39 is 29.9 Å². The minimum atomic E-state index is -1.11. The molecule has 3 aromatic carbocycles. The van der Waals surface area contributed by atoms with Crippen molar-refractivity contribution in [2.45, 2.75) is 90.7 Å². The molecule has 0 spiro atoms. The summed E-state index contributed by atoms with van der Waals surface area (Å²) >= 11 is 6.29. The molecule has 0 fully saturated rings. The average molecular weight is 691 g/mol. The first-order valence-corrected chi connectivity index (χ1v) is 17.2. The fourth-order valence-corrected chi connectivity index (χ4v) is 5.20. The maximum Gasteiger partial charge on any atom is 0.347 e. The molecular weight excluding hydrogens is 648 g/mol. The monoisotopic (exact) mass is 690 g/mol. The Morgan fingerprint density at radius 2 is 1.41 bits per heavy atom. The second-order valence-corrected chi connectivity index (χ2v) is 12.2. The molecule has 1 heterocycles. The number of carbonyl (C=O) groups excluding carboxylic acids is 4. The summed E-state index contributed by atoms with van der Waals surface area (Å²) in [5.41, 5.74) is 1.41. The van der Waals surface area contributed by atoms with E-state index in [0.29, 0.717) is 16.8 Å². The van der Waals surface area contributed by atoms with E-state index in [1.54, 1.807) is 36.4 Å². The van der Waals surface area contributed by atoms with Crippen LogP contribution in [0.25, 0.3) is 11.0 Å². The number of hydrogen-bond acceptors (Lipinski definition) is 9. The number of esters is 3. The third-order valence-electron chi connectivity index (χ3n) is 7.73. The minimum absolute atomic E-state index is 0.0897. The number of benzene rings is 3. The molecule has 0 saturated carbocycles. The van der Waals surface area contributed by atoms with E-state index in [1.807, 2.05) is 6.07 Å². The highest BCUT2D eigenvalue weighted by Gasteiger charge is 2.21. The van der Waals surface area contributed by atoms with Crippen LogP contribution in [0.15, 0.2) is 66.7 Å². The summed E-state index contributed by atoms with van der Waals surface area (Å²) in [6.07, 6.45) is 10.6. The predicted octanol–water partition coefficient (Wildman–Crippen LogP) is 7.95. The van der Waals surface area contributed by atoms with Crippen LogP contribution in [0.3, 0.4) is 0 Å². The minimum Gasteiger partial charge on any atom is -0.463 e. The first-order valence-electron chi connectivity index (χ1n) is 16.8. The fourth-order valence-electron chi connectivity index (χ4n) is 5.03. The van der Waals surface area contributed by atoms with Crippen LogP contribution in [0.2, 0.25) is 5.02 Å². The second-order valence-electron chi connectivity index (χ2n) is 11.8. The molecule has 12 heteroatoms. The number of unbranched alkanes of at least 4 members (excludes halogenated alkanes) is 9. The third kappa shape index (κ3) is 12.0. The number of carbonyl (C=O) groups is 4. The lowest BCUT2D eigenvalue weighted by Gasteiger charge is -2.14. The molecule has 1 amide bonds. The van der Waals surface area contributed by atoms with Crippen molar-refractivity contribution in [3.63, 3.8) is 0 Å². The lowest BCUT2D eigenvalue weighted by atomic mass is 10.1. The Morgan fingerprint density at radius 3 is 2.12 bits per heavy atom. The summed E-state index contributed by atoms with van der Waals surface area (Å²) in [4.78, 5) is 51.8. The first kappa shape index (κ1) is 37.1. The van der Waals surface area contributed by atoms with Crippen LogP contribution in [0.4, 0.5) is 5.69 Å². The van der Waals surface area contributed by atoms with Gasteiger partial charge in [-0.3, -0.25) is 4.79 Å². The van der Waals surface area contributed by atoms with Crippen molar-refractivity contribution in [1.29, 1.82) is 0 Å². The van der Waals surface area contributed by atoms with E-state index >= 15 is 0 Å². The van der Waals surface area contributed by atoms with Crippen molar-refractivity contribution in [3.05, 3.63) is 82.9 Å². The highest BCUT2D eigenvalue weighted by atomic mass is 35.5. The number of para-hydroxylation sites is 1. The number of nitrogens with one attached hydrogen (secondary N) is 1. The van der Waals surface area contributed by atoms with E-state index in [2.05, 4.69) is 22.4 Å². The van der Waals surface area contributed by atoms with Gasteiger partial charge >= 0.3 is 17.9 Å². The Balaban J connectivity index is 1.22. The normalized spacial score (nSPS) is 11.6. The molecule has 49 heavy (non-hydrogen) atoms. The Morgan fingerprint density at radius 1 is 0.776 bits per heavy atom. The highest BCUT2D eigenvalue weighted by Crippen LogP contribution is 2.24. The molecule has 11 nitrogen and oxygen atoms in total. The standard InChI is InChI=1S/C37H43ClN4O7/c1-3-4-5-6-7-8-9-10-11-15-22-47-35(44)26(2)48-36(45)27-18-20-30(38)32(23-27)39-34(43)25-42-40-31-21-19-28(24-33(31)41-42)37(46)49-29-16-13-12-14-17-29/h12-14,16-21,23-24,26H,3-11,15,22,25H2,1-2H3,(H,39,43). The number of amides is 1. The number of rotatable bonds is 19. The molecule has 1 atom stereocenters. The van der Waals surface area contributed by atoms with E-state index in [4.69, 9.17) is 25.8 Å². The van der Waals surface area contributed by atoms with E-state index in [0.717, 1.165) is 19.3 Å². The van der Waals surface area contributed by atoms with Crippen molar-refractivity contribution in [2.75, 3.05) is 11.9 Å². The molecule has 0 saturated heterocycles. The summed E-state index contributed by atoms with van der Waals surface area (Å²) in [7, 11) is 0. The van der Waals surface area contributed by atoms with Crippen LogP contribution >= 0.6 is 11.6 Å². The van der Waals surface area contributed by atoms with E-state index in [-0.39, 0.29) is 35.0 Å². The van der Waals surface area contributed by atoms with Crippen molar-refractivity contribution in [2.24, 2.45) is 0 Å². The van der Waals surface area contributed by atoms with Crippen LogP contribution in [0.5, 0.6) is 5.75 Å². The Labute approximate surface area is 291 Å². The number of ether oxygens (including phenoxy) is 3. The summed E-state index contributed by atoms with van der Waals surface area (Å²) < 4.78 is 16.0. The molecule has 260 valence electrons. The lowest BCUT2D eigenvalue weighted by molar-refractivity contribution is -0.153. The molecule has 0 aliphatic carbocycles. The zero-order valence-corrected chi connectivity index (χ0v) is 28.7. The number of anilines is 1. The predicted molar refractivity (Wildman–Crippen MR) is 187 cm³/mol. The largest absolute Gasteiger partial charge is 0.463 e. The molecule has 0 bridgehead atoms. The smallest absolute Gasteiger partial charge is 0.347 e. The average Bonchev–Trinajstić information content (AvgIpc) is 3.49. The topological polar surface area (TPSA) is 139 Å². The van der Waals surface area contributed by atoms with Crippen LogP contribution in [0, 0.1) is 0 Å². The Hall–Kier alpha value is -4.77. The maximum atomic E-state index is 12.9. The second kappa shape index (κ2) is 19.3. The van der Waals surface area contributed by atoms with Crippen LogP contribution in [-0.2, 0) is 25.6 Å². The van der Waals surface area contributed by atoms with Gasteiger partial charge in [0.05, 0.1) is 28.4 Å². The molecule has 1 aromatic heterocycles. The van der Waals surface area contributed by atoms with Gasteiger partial charge in [0, 0.05) is 0 Å². The van der Waals surface area contributed by atoms with Gasteiger partial charge < -0.3 is 19.5 Å². The number of nitrogens with zero attached hydrogens (tertiary/aromatic N) is 3. The van der Waals surface area contributed by atoms with E-state index in [1.165, 1.54) is 80.9 Å². The van der Waals surface area contributed by atoms with Gasteiger partial charge in [-0.05, 0) is 61.9 Å². The van der Waals surface area contributed by atoms with Gasteiger partial charge in [-0.2, -0.15) is 15.0 Å². The number of halogens is 1. The molecule has 0 aliphatic rings. The first-order chi connectivity index (χ1) is 23.7. The molecule has 0 radical (unpaired) electrons. The molecule has 1 N–H and O–H groups in total. The van der Waals surface area contributed by atoms with Gasteiger partial charge in [0.1, 0.15) is 23.3 Å². The fraction of sp³-hybridized carbons (Fsp3) is 0.405. The summed E-state index contributed by atoms with van der Waals surface area (Å²) in [6.45, 7) is 3.67. The zero-order chi connectivity index (χ0) is 35.0. The summed E-state index contributed by atoms with van der Waals surface area (Å²) in [5, 5.41) is 11.4. The zero-order valence-electron chi connectivity index (χ0n) is 28.0. The van der Waals surface area contributed by atoms with Crippen molar-refractivity contribution < 1.29 is 33.4 Å². The van der Waals surface area contributed by atoms with Gasteiger partial charge in [0.2, 0.25) is 5.91 Å². The van der Waals surface area contributed by atoms with Gasteiger partial charge in [0.25, 0.3) is 0 Å². The van der Waals surface area contributed by atoms with Gasteiger partial charge in [0.15, 0.2) is 6.10 Å². The van der Waals surface area contributed by atoms with Crippen molar-refractivity contribution in [3.8, 4) is 5.75 Å². The molecule has 4 aromatic rings. The molecule has 1 unspecified atom stereocenters. The molecule has 4 rings (SSSR count). The van der Waals surface area contributed by atoms with Crippen LogP contribution in [-0.4, -0.2) is 51.5 Å². The Kier molecular flexibility index (Phi) is 14.6. The van der Waals surface area contributed by atoms with Gasteiger partial charge in [-0.25, -0.2) is 14.4 Å².